The van der Waals surface area contributed by atoms with E-state index in [1.165, 1.54) is 3.57 Å². The lowest BCUT2D eigenvalue weighted by atomic mass is 9.90. The van der Waals surface area contributed by atoms with Gasteiger partial charge >= 0.3 is 0 Å². The molecule has 0 spiro atoms. The van der Waals surface area contributed by atoms with Crippen molar-refractivity contribution in [3.05, 3.63) is 33.4 Å². The molecule has 1 amide bonds. The van der Waals surface area contributed by atoms with E-state index in [9.17, 15) is 4.79 Å². The monoisotopic (exact) mass is 316 g/mol. The average molecular weight is 316 g/mol. The van der Waals surface area contributed by atoms with Gasteiger partial charge in [0.25, 0.3) is 0 Å². The molecule has 1 atom stereocenters. The summed E-state index contributed by atoms with van der Waals surface area (Å²) < 4.78 is 1.18. The van der Waals surface area contributed by atoms with E-state index in [0.29, 0.717) is 6.54 Å². The second kappa shape index (κ2) is 4.09. The van der Waals surface area contributed by atoms with E-state index < -0.39 is 5.54 Å². The molecule has 1 aromatic carbocycles. The first-order valence-corrected chi connectivity index (χ1v) is 6.00. The predicted molar refractivity (Wildman–Crippen MR) is 67.5 cm³/mol. The third kappa shape index (κ3) is 2.01. The second-order valence-electron chi connectivity index (χ2n) is 3.81. The van der Waals surface area contributed by atoms with Crippen LogP contribution in [0.15, 0.2) is 24.3 Å². The summed E-state index contributed by atoms with van der Waals surface area (Å²) in [6.07, 6.45) is 0. The van der Waals surface area contributed by atoms with E-state index in [0.717, 1.165) is 12.1 Å². The van der Waals surface area contributed by atoms with Crippen LogP contribution in [0.1, 0.15) is 12.5 Å². The van der Waals surface area contributed by atoms with Crippen LogP contribution >= 0.6 is 22.6 Å². The Labute approximate surface area is 103 Å². The predicted octanol–water partition coefficient (Wildman–Crippen LogP) is 1.23. The van der Waals surface area contributed by atoms with E-state index in [2.05, 4.69) is 33.2 Å². The van der Waals surface area contributed by atoms with Crippen molar-refractivity contribution in [2.24, 2.45) is 0 Å². The van der Waals surface area contributed by atoms with Crippen LogP contribution in [0.3, 0.4) is 0 Å². The van der Waals surface area contributed by atoms with Crippen LogP contribution in [0, 0.1) is 3.57 Å². The molecule has 1 aromatic rings. The standard InChI is InChI=1S/C11H13IN2O/c1-11(10(15)13-6-7-14-11)8-2-4-9(12)5-3-8/h2-5,14H,6-7H2,1H3,(H,13,15). The molecule has 1 heterocycles. The maximum Gasteiger partial charge on any atom is 0.244 e. The van der Waals surface area contributed by atoms with Gasteiger partial charge in [0.2, 0.25) is 5.91 Å². The molecule has 1 saturated heterocycles. The summed E-state index contributed by atoms with van der Waals surface area (Å²) in [7, 11) is 0. The first-order valence-electron chi connectivity index (χ1n) is 4.92. The summed E-state index contributed by atoms with van der Waals surface area (Å²) in [4.78, 5) is 11.8. The maximum atomic E-state index is 11.8. The smallest absolute Gasteiger partial charge is 0.244 e. The van der Waals surface area contributed by atoms with Gasteiger partial charge in [-0.25, -0.2) is 0 Å². The van der Waals surface area contributed by atoms with Gasteiger partial charge in [-0.2, -0.15) is 0 Å². The summed E-state index contributed by atoms with van der Waals surface area (Å²) in [5.74, 6) is 0.0509. The molecule has 1 aliphatic rings. The van der Waals surface area contributed by atoms with E-state index in [4.69, 9.17) is 0 Å². The molecule has 0 bridgehead atoms. The Morgan fingerprint density at radius 3 is 2.53 bits per heavy atom. The average Bonchev–Trinajstić information content (AvgIpc) is 2.23. The SMILES string of the molecule is CC1(c2ccc(I)cc2)NCCNC1=O. The fraction of sp³-hybridized carbons (Fsp3) is 0.364. The highest BCUT2D eigenvalue weighted by Crippen LogP contribution is 2.23. The molecule has 1 unspecified atom stereocenters. The summed E-state index contributed by atoms with van der Waals surface area (Å²) in [6, 6.07) is 8.04. The van der Waals surface area contributed by atoms with Gasteiger partial charge in [0, 0.05) is 16.7 Å². The van der Waals surface area contributed by atoms with Crippen LogP contribution in [-0.4, -0.2) is 19.0 Å². The third-order valence-electron chi connectivity index (χ3n) is 2.76. The highest BCUT2D eigenvalue weighted by molar-refractivity contribution is 14.1. The molecule has 0 aliphatic carbocycles. The maximum absolute atomic E-state index is 11.8. The Balaban J connectivity index is 2.35. The van der Waals surface area contributed by atoms with Crippen LogP contribution in [0.4, 0.5) is 0 Å². The molecular weight excluding hydrogens is 303 g/mol. The number of amides is 1. The number of piperazine rings is 1. The Kier molecular flexibility index (Phi) is 2.97. The molecule has 0 aromatic heterocycles. The summed E-state index contributed by atoms with van der Waals surface area (Å²) >= 11 is 2.26. The summed E-state index contributed by atoms with van der Waals surface area (Å²) in [6.45, 7) is 3.44. The zero-order valence-electron chi connectivity index (χ0n) is 8.51. The molecular formula is C11H13IN2O. The van der Waals surface area contributed by atoms with Crippen molar-refractivity contribution in [3.8, 4) is 0 Å². The fourth-order valence-corrected chi connectivity index (χ4v) is 2.12. The lowest BCUT2D eigenvalue weighted by Gasteiger charge is -2.34. The lowest BCUT2D eigenvalue weighted by molar-refractivity contribution is -0.128. The largest absolute Gasteiger partial charge is 0.353 e. The molecule has 2 N–H and O–H groups in total. The van der Waals surface area contributed by atoms with Crippen LogP contribution in [0.2, 0.25) is 0 Å². The van der Waals surface area contributed by atoms with Gasteiger partial charge in [-0.3, -0.25) is 10.1 Å². The van der Waals surface area contributed by atoms with E-state index >= 15 is 0 Å². The molecule has 0 saturated carbocycles. The van der Waals surface area contributed by atoms with Gasteiger partial charge in [-0.1, -0.05) is 12.1 Å². The minimum atomic E-state index is -0.581. The Morgan fingerprint density at radius 2 is 1.93 bits per heavy atom. The molecule has 4 heteroatoms. The lowest BCUT2D eigenvalue weighted by Crippen LogP contribution is -2.59. The highest BCUT2D eigenvalue weighted by Gasteiger charge is 2.36. The molecule has 1 aliphatic heterocycles. The van der Waals surface area contributed by atoms with Crippen molar-refractivity contribution in [1.82, 2.24) is 10.6 Å². The van der Waals surface area contributed by atoms with E-state index in [1.807, 2.05) is 31.2 Å². The number of hydrogen-bond acceptors (Lipinski definition) is 2. The zero-order chi connectivity index (χ0) is 10.9. The molecule has 15 heavy (non-hydrogen) atoms. The number of carbonyl (C=O) groups excluding carboxylic acids is 1. The summed E-state index contributed by atoms with van der Waals surface area (Å²) in [5.41, 5.74) is 0.433. The van der Waals surface area contributed by atoms with Crippen LogP contribution < -0.4 is 10.6 Å². The Hall–Kier alpha value is -0.620. The molecule has 1 fully saturated rings. The van der Waals surface area contributed by atoms with Crippen molar-refractivity contribution in [2.75, 3.05) is 13.1 Å². The number of halogens is 1. The van der Waals surface area contributed by atoms with Gasteiger partial charge in [-0.05, 0) is 47.2 Å². The summed E-state index contributed by atoms with van der Waals surface area (Å²) in [5, 5.41) is 6.15. The van der Waals surface area contributed by atoms with Gasteiger partial charge in [0.15, 0.2) is 0 Å². The minimum absolute atomic E-state index is 0.0509. The molecule has 0 radical (unpaired) electrons. The molecule has 3 nitrogen and oxygen atoms in total. The zero-order valence-corrected chi connectivity index (χ0v) is 10.7. The number of rotatable bonds is 1. The third-order valence-corrected chi connectivity index (χ3v) is 3.48. The minimum Gasteiger partial charge on any atom is -0.353 e. The van der Waals surface area contributed by atoms with Gasteiger partial charge in [0.05, 0.1) is 0 Å². The van der Waals surface area contributed by atoms with Crippen LogP contribution in [0.25, 0.3) is 0 Å². The number of benzene rings is 1. The van der Waals surface area contributed by atoms with E-state index in [1.54, 1.807) is 0 Å². The first kappa shape index (κ1) is 10.9. The second-order valence-corrected chi connectivity index (χ2v) is 5.06. The van der Waals surface area contributed by atoms with Crippen molar-refractivity contribution in [3.63, 3.8) is 0 Å². The van der Waals surface area contributed by atoms with Crippen molar-refractivity contribution in [2.45, 2.75) is 12.5 Å². The van der Waals surface area contributed by atoms with Crippen LogP contribution in [-0.2, 0) is 10.3 Å². The highest BCUT2D eigenvalue weighted by atomic mass is 127. The topological polar surface area (TPSA) is 41.1 Å². The van der Waals surface area contributed by atoms with Crippen molar-refractivity contribution in [1.29, 1.82) is 0 Å². The van der Waals surface area contributed by atoms with Crippen molar-refractivity contribution < 1.29 is 4.79 Å². The molecule has 80 valence electrons. The normalized spacial score (nSPS) is 26.1. The van der Waals surface area contributed by atoms with Crippen LogP contribution in [0.5, 0.6) is 0 Å². The number of hydrogen-bond donors (Lipinski definition) is 2. The number of nitrogens with one attached hydrogen (secondary N) is 2. The van der Waals surface area contributed by atoms with Gasteiger partial charge in [0.1, 0.15) is 5.54 Å². The quantitative estimate of drug-likeness (QED) is 0.765. The first-order chi connectivity index (χ1) is 7.13. The van der Waals surface area contributed by atoms with Crippen molar-refractivity contribution >= 4 is 28.5 Å². The van der Waals surface area contributed by atoms with Gasteiger partial charge in [-0.15, -0.1) is 0 Å². The fourth-order valence-electron chi connectivity index (χ4n) is 1.76. The Bertz CT molecular complexity index is 377. The van der Waals surface area contributed by atoms with E-state index in [-0.39, 0.29) is 5.91 Å². The van der Waals surface area contributed by atoms with Gasteiger partial charge < -0.3 is 5.32 Å². The number of carbonyl (C=O) groups is 1. The Morgan fingerprint density at radius 1 is 1.27 bits per heavy atom. The molecule has 2 rings (SSSR count).